The van der Waals surface area contributed by atoms with E-state index in [2.05, 4.69) is 33.5 Å². The molecule has 0 radical (unpaired) electrons. The molecule has 1 aromatic carbocycles. The number of benzene rings is 1. The molecule has 3 aliphatic rings. The van der Waals surface area contributed by atoms with Crippen LogP contribution in [0.4, 0.5) is 0 Å². The van der Waals surface area contributed by atoms with Crippen molar-refractivity contribution in [3.8, 4) is 5.00 Å². The molecule has 3 aliphatic heterocycles. The Morgan fingerprint density at radius 2 is 1.73 bits per heavy atom. The fraction of sp³-hybridized carbons (Fsp3) is 0.440. The Hall–Kier alpha value is -2.51. The van der Waals surface area contributed by atoms with Gasteiger partial charge in [0.1, 0.15) is 16.9 Å². The average Bonchev–Trinajstić information content (AvgIpc) is 3.54. The number of aliphatic imine (C=N–C) groups is 1. The van der Waals surface area contributed by atoms with Gasteiger partial charge in [-0.05, 0) is 64.2 Å². The highest BCUT2D eigenvalue weighted by atomic mass is 35.5. The van der Waals surface area contributed by atoms with Crippen molar-refractivity contribution in [3.63, 3.8) is 0 Å². The summed E-state index contributed by atoms with van der Waals surface area (Å²) in [7, 11) is 0. The molecule has 1 atom stereocenters. The van der Waals surface area contributed by atoms with E-state index in [9.17, 15) is 4.79 Å². The van der Waals surface area contributed by atoms with E-state index in [1.54, 1.807) is 11.3 Å². The molecule has 0 aliphatic carbocycles. The minimum absolute atomic E-state index is 0.189. The molecule has 6 rings (SSSR count). The standard InChI is InChI=1S/C25H26ClN5OS/c1-13-14(2)33-25-22(13)23(16-4-6-17(26)7-5-16)27-20(24-29-28-15(3)30(24)25)12-21(32)31-18-8-9-19(31)11-10-18/h4-7,18-20H,8-12H2,1-3H3. The highest BCUT2D eigenvalue weighted by Gasteiger charge is 2.43. The minimum atomic E-state index is -0.385. The first-order valence-corrected chi connectivity index (χ1v) is 12.8. The van der Waals surface area contributed by atoms with E-state index >= 15 is 0 Å². The molecule has 0 saturated carbocycles. The number of aromatic nitrogens is 3. The number of hydrogen-bond acceptors (Lipinski definition) is 5. The fourth-order valence-corrected chi connectivity index (χ4v) is 7.06. The van der Waals surface area contributed by atoms with Gasteiger partial charge in [-0.15, -0.1) is 21.5 Å². The van der Waals surface area contributed by atoms with Crippen molar-refractivity contribution in [3.05, 3.63) is 62.5 Å². The summed E-state index contributed by atoms with van der Waals surface area (Å²) in [5.41, 5.74) is 4.19. The van der Waals surface area contributed by atoms with E-state index in [-0.39, 0.29) is 11.9 Å². The molecular formula is C25H26ClN5OS. The molecule has 33 heavy (non-hydrogen) atoms. The second kappa shape index (κ2) is 7.77. The quantitative estimate of drug-likeness (QED) is 0.509. The zero-order valence-electron chi connectivity index (χ0n) is 19.0. The van der Waals surface area contributed by atoms with Crippen LogP contribution in [-0.2, 0) is 4.79 Å². The normalized spacial score (nSPS) is 23.3. The number of carbonyl (C=O) groups excluding carboxylic acids is 1. The lowest BCUT2D eigenvalue weighted by atomic mass is 9.99. The monoisotopic (exact) mass is 479 g/mol. The molecule has 2 aromatic heterocycles. The Kier molecular flexibility index (Phi) is 4.96. The van der Waals surface area contributed by atoms with Crippen molar-refractivity contribution < 1.29 is 4.79 Å². The third-order valence-corrected chi connectivity index (χ3v) is 8.91. The summed E-state index contributed by atoms with van der Waals surface area (Å²) < 4.78 is 2.11. The average molecular weight is 480 g/mol. The molecule has 8 heteroatoms. The van der Waals surface area contributed by atoms with Crippen LogP contribution in [-0.4, -0.2) is 43.4 Å². The molecule has 1 amide bonds. The Bertz CT molecular complexity index is 1270. The molecule has 2 bridgehead atoms. The van der Waals surface area contributed by atoms with Crippen molar-refractivity contribution in [1.29, 1.82) is 0 Å². The molecule has 2 fully saturated rings. The van der Waals surface area contributed by atoms with Crippen molar-refractivity contribution >= 4 is 34.6 Å². The van der Waals surface area contributed by atoms with Gasteiger partial charge in [0.15, 0.2) is 5.82 Å². The molecule has 0 N–H and O–H groups in total. The van der Waals surface area contributed by atoms with Crippen LogP contribution >= 0.6 is 22.9 Å². The largest absolute Gasteiger partial charge is 0.337 e. The highest BCUT2D eigenvalue weighted by Crippen LogP contribution is 2.42. The lowest BCUT2D eigenvalue weighted by Crippen LogP contribution is -2.36. The molecule has 6 nitrogen and oxygen atoms in total. The maximum absolute atomic E-state index is 13.5. The van der Waals surface area contributed by atoms with Gasteiger partial charge in [0.05, 0.1) is 12.1 Å². The van der Waals surface area contributed by atoms with Gasteiger partial charge in [-0.25, -0.2) is 0 Å². The predicted molar refractivity (Wildman–Crippen MR) is 131 cm³/mol. The van der Waals surface area contributed by atoms with Crippen LogP contribution in [0.1, 0.15) is 71.4 Å². The third-order valence-electron chi connectivity index (χ3n) is 7.47. The fourth-order valence-electron chi connectivity index (χ4n) is 5.72. The molecule has 5 heterocycles. The van der Waals surface area contributed by atoms with Gasteiger partial charge in [0.2, 0.25) is 5.91 Å². The number of thiophene rings is 1. The van der Waals surface area contributed by atoms with Gasteiger partial charge >= 0.3 is 0 Å². The second-order valence-electron chi connectivity index (χ2n) is 9.37. The van der Waals surface area contributed by atoms with Gasteiger partial charge < -0.3 is 4.90 Å². The summed E-state index contributed by atoms with van der Waals surface area (Å²) in [6.07, 6.45) is 4.84. The van der Waals surface area contributed by atoms with Crippen molar-refractivity contribution in [1.82, 2.24) is 19.7 Å². The van der Waals surface area contributed by atoms with E-state index in [1.807, 2.05) is 31.2 Å². The molecule has 0 spiro atoms. The van der Waals surface area contributed by atoms with E-state index in [4.69, 9.17) is 16.6 Å². The Labute approximate surface area is 202 Å². The van der Waals surface area contributed by atoms with Crippen molar-refractivity contribution in [2.45, 2.75) is 71.0 Å². The Morgan fingerprint density at radius 1 is 1.06 bits per heavy atom. The van der Waals surface area contributed by atoms with Crippen LogP contribution < -0.4 is 0 Å². The number of rotatable bonds is 3. The Morgan fingerprint density at radius 3 is 2.39 bits per heavy atom. The molecular weight excluding hydrogens is 454 g/mol. The SMILES string of the molecule is Cc1sc2c(c1C)C(c1ccc(Cl)cc1)=NC(CC(=O)N1C3CCC1CC3)c1nnc(C)n1-2. The van der Waals surface area contributed by atoms with E-state index in [0.29, 0.717) is 23.5 Å². The van der Waals surface area contributed by atoms with Gasteiger partial charge in [-0.1, -0.05) is 23.7 Å². The van der Waals surface area contributed by atoms with Crippen LogP contribution in [0.15, 0.2) is 29.3 Å². The molecule has 2 saturated heterocycles. The number of nitrogens with zero attached hydrogens (tertiary/aromatic N) is 5. The second-order valence-corrected chi connectivity index (χ2v) is 11.0. The number of amides is 1. The molecule has 3 aromatic rings. The summed E-state index contributed by atoms with van der Waals surface area (Å²) in [6, 6.07) is 8.23. The van der Waals surface area contributed by atoms with E-state index < -0.39 is 0 Å². The number of fused-ring (bicyclic) bond motifs is 5. The molecule has 170 valence electrons. The first-order valence-electron chi connectivity index (χ1n) is 11.6. The number of carbonyl (C=O) groups is 1. The van der Waals surface area contributed by atoms with Crippen LogP contribution in [0, 0.1) is 20.8 Å². The maximum Gasteiger partial charge on any atom is 0.225 e. The summed E-state index contributed by atoms with van der Waals surface area (Å²) >= 11 is 7.92. The summed E-state index contributed by atoms with van der Waals surface area (Å²) in [5, 5.41) is 10.7. The van der Waals surface area contributed by atoms with Gasteiger partial charge in [-0.2, -0.15) is 0 Å². The number of halogens is 1. The zero-order chi connectivity index (χ0) is 22.9. The van der Waals surface area contributed by atoms with Crippen molar-refractivity contribution in [2.75, 3.05) is 0 Å². The van der Waals surface area contributed by atoms with Crippen LogP contribution in [0.25, 0.3) is 5.00 Å². The lowest BCUT2D eigenvalue weighted by molar-refractivity contribution is -0.132. The van der Waals surface area contributed by atoms with E-state index in [1.165, 1.54) is 10.4 Å². The topological polar surface area (TPSA) is 63.4 Å². The van der Waals surface area contributed by atoms with Gasteiger partial charge in [-0.3, -0.25) is 14.4 Å². The summed E-state index contributed by atoms with van der Waals surface area (Å²) in [4.78, 5) is 22.1. The first kappa shape index (κ1) is 21.1. The predicted octanol–water partition coefficient (Wildman–Crippen LogP) is 5.34. The lowest BCUT2D eigenvalue weighted by Gasteiger charge is -2.23. The minimum Gasteiger partial charge on any atom is -0.337 e. The zero-order valence-corrected chi connectivity index (χ0v) is 20.6. The van der Waals surface area contributed by atoms with Crippen LogP contribution in [0.2, 0.25) is 5.02 Å². The van der Waals surface area contributed by atoms with Crippen LogP contribution in [0.3, 0.4) is 0 Å². The van der Waals surface area contributed by atoms with Gasteiger partial charge in [0.25, 0.3) is 0 Å². The number of aryl methyl sites for hydroxylation is 2. The summed E-state index contributed by atoms with van der Waals surface area (Å²) in [5.74, 6) is 1.76. The van der Waals surface area contributed by atoms with Crippen LogP contribution in [0.5, 0.6) is 0 Å². The molecule has 1 unspecified atom stereocenters. The smallest absolute Gasteiger partial charge is 0.225 e. The number of hydrogen-bond donors (Lipinski definition) is 0. The van der Waals surface area contributed by atoms with Crippen molar-refractivity contribution in [2.24, 2.45) is 4.99 Å². The maximum atomic E-state index is 13.5. The first-order chi connectivity index (χ1) is 15.9. The van der Waals surface area contributed by atoms with E-state index in [0.717, 1.165) is 59.2 Å². The third kappa shape index (κ3) is 3.28. The van der Waals surface area contributed by atoms with Gasteiger partial charge in [0, 0.05) is 33.1 Å². The highest BCUT2D eigenvalue weighted by molar-refractivity contribution is 7.15. The summed E-state index contributed by atoms with van der Waals surface area (Å²) in [6.45, 7) is 6.25. The Balaban J connectivity index is 1.50.